The van der Waals surface area contributed by atoms with Gasteiger partial charge in [-0.2, -0.15) is 0 Å². The number of hydrogen-bond donors (Lipinski definition) is 1. The fourth-order valence-corrected chi connectivity index (χ4v) is 2.84. The summed E-state index contributed by atoms with van der Waals surface area (Å²) < 4.78 is 0. The van der Waals surface area contributed by atoms with Crippen molar-refractivity contribution in [1.82, 2.24) is 20.2 Å². The lowest BCUT2D eigenvalue weighted by molar-refractivity contribution is 0.211. The zero-order chi connectivity index (χ0) is 15.5. The Morgan fingerprint density at radius 2 is 2.18 bits per heavy atom. The van der Waals surface area contributed by atoms with Gasteiger partial charge in [0.1, 0.15) is 5.52 Å². The number of piperidine rings is 1. The number of urea groups is 1. The first kappa shape index (κ1) is 14.6. The zero-order valence-corrected chi connectivity index (χ0v) is 13.0. The number of hydrogen-bond acceptors (Lipinski definition) is 4. The van der Waals surface area contributed by atoms with E-state index in [1.165, 1.54) is 0 Å². The van der Waals surface area contributed by atoms with Crippen molar-refractivity contribution < 1.29 is 4.79 Å². The number of aromatic nitrogens is 2. The molecule has 6 heteroatoms. The molecule has 6 nitrogen and oxygen atoms in total. The number of anilines is 1. The molecule has 3 heterocycles. The largest absolute Gasteiger partial charge is 0.368 e. The second-order valence-electron chi connectivity index (χ2n) is 5.83. The summed E-state index contributed by atoms with van der Waals surface area (Å²) in [6.07, 6.45) is 5.67. The third-order valence-electron chi connectivity index (χ3n) is 3.97. The predicted octanol–water partition coefficient (Wildman–Crippen LogP) is 1.87. The standard InChI is InChI=1S/C16H21N5O/c1-20(2)16(22)19-12-5-4-10-21(11-12)14-7-9-17-13-6-3-8-18-15(13)14/h3,6-9,12H,4-5,10-11H2,1-2H3,(H,19,22). The Balaban J connectivity index is 1.80. The van der Waals surface area contributed by atoms with Gasteiger partial charge in [-0.1, -0.05) is 0 Å². The highest BCUT2D eigenvalue weighted by atomic mass is 16.2. The van der Waals surface area contributed by atoms with E-state index < -0.39 is 0 Å². The highest BCUT2D eigenvalue weighted by molar-refractivity contribution is 5.87. The van der Waals surface area contributed by atoms with E-state index in [2.05, 4.69) is 20.2 Å². The van der Waals surface area contributed by atoms with Crippen molar-refractivity contribution in [1.29, 1.82) is 0 Å². The first-order chi connectivity index (χ1) is 10.6. The summed E-state index contributed by atoms with van der Waals surface area (Å²) >= 11 is 0. The third kappa shape index (κ3) is 2.95. The molecular weight excluding hydrogens is 278 g/mol. The van der Waals surface area contributed by atoms with Gasteiger partial charge in [-0.05, 0) is 31.0 Å². The Bertz CT molecular complexity index is 667. The number of nitrogens with one attached hydrogen (secondary N) is 1. The van der Waals surface area contributed by atoms with E-state index in [1.54, 1.807) is 25.2 Å². The quantitative estimate of drug-likeness (QED) is 0.919. The average molecular weight is 299 g/mol. The molecule has 0 spiro atoms. The molecule has 1 N–H and O–H groups in total. The Morgan fingerprint density at radius 1 is 1.32 bits per heavy atom. The number of nitrogens with zero attached hydrogens (tertiary/aromatic N) is 4. The van der Waals surface area contributed by atoms with Crippen LogP contribution in [0.4, 0.5) is 10.5 Å². The summed E-state index contributed by atoms with van der Waals surface area (Å²) in [5.74, 6) is 0. The lowest BCUT2D eigenvalue weighted by Gasteiger charge is -2.35. The summed E-state index contributed by atoms with van der Waals surface area (Å²) in [5, 5.41) is 3.08. The van der Waals surface area contributed by atoms with Gasteiger partial charge < -0.3 is 15.1 Å². The smallest absolute Gasteiger partial charge is 0.317 e. The van der Waals surface area contributed by atoms with Crippen molar-refractivity contribution in [2.45, 2.75) is 18.9 Å². The Hall–Kier alpha value is -2.37. The van der Waals surface area contributed by atoms with Crippen molar-refractivity contribution in [3.05, 3.63) is 30.6 Å². The number of fused-ring (bicyclic) bond motifs is 1. The molecule has 0 aliphatic carbocycles. The Kier molecular flexibility index (Phi) is 4.09. The van der Waals surface area contributed by atoms with E-state index >= 15 is 0 Å². The van der Waals surface area contributed by atoms with Gasteiger partial charge in [0.05, 0.1) is 11.2 Å². The van der Waals surface area contributed by atoms with Crippen LogP contribution in [-0.4, -0.2) is 54.1 Å². The van der Waals surface area contributed by atoms with E-state index in [9.17, 15) is 4.79 Å². The Morgan fingerprint density at radius 3 is 3.00 bits per heavy atom. The minimum atomic E-state index is -0.0374. The molecule has 2 amide bonds. The molecule has 1 atom stereocenters. The summed E-state index contributed by atoms with van der Waals surface area (Å²) in [7, 11) is 3.52. The maximum Gasteiger partial charge on any atom is 0.317 e. The van der Waals surface area contributed by atoms with Crippen LogP contribution in [0.2, 0.25) is 0 Å². The second kappa shape index (κ2) is 6.17. The second-order valence-corrected chi connectivity index (χ2v) is 5.83. The first-order valence-electron chi connectivity index (χ1n) is 7.57. The highest BCUT2D eigenvalue weighted by Crippen LogP contribution is 2.26. The van der Waals surface area contributed by atoms with Crippen LogP contribution in [-0.2, 0) is 0 Å². The van der Waals surface area contributed by atoms with Gasteiger partial charge in [-0.15, -0.1) is 0 Å². The van der Waals surface area contributed by atoms with Gasteiger partial charge in [0.2, 0.25) is 0 Å². The SMILES string of the molecule is CN(C)C(=O)NC1CCCN(c2ccnc3cccnc23)C1. The minimum Gasteiger partial charge on any atom is -0.368 e. The number of pyridine rings is 2. The molecule has 1 saturated heterocycles. The number of carbonyl (C=O) groups is 1. The topological polar surface area (TPSA) is 61.4 Å². The molecule has 1 unspecified atom stereocenters. The third-order valence-corrected chi connectivity index (χ3v) is 3.97. The summed E-state index contributed by atoms with van der Waals surface area (Å²) in [4.78, 5) is 24.5. The van der Waals surface area contributed by atoms with Crippen LogP contribution in [0.25, 0.3) is 11.0 Å². The van der Waals surface area contributed by atoms with E-state index in [0.29, 0.717) is 0 Å². The van der Waals surface area contributed by atoms with Crippen LogP contribution in [0.5, 0.6) is 0 Å². The number of rotatable bonds is 2. The molecule has 0 aromatic carbocycles. The molecular formula is C16H21N5O. The van der Waals surface area contributed by atoms with Crippen LogP contribution in [0.3, 0.4) is 0 Å². The highest BCUT2D eigenvalue weighted by Gasteiger charge is 2.23. The van der Waals surface area contributed by atoms with Crippen molar-refractivity contribution in [3.8, 4) is 0 Å². The molecule has 2 aromatic heterocycles. The lowest BCUT2D eigenvalue weighted by Crippen LogP contribution is -2.50. The predicted molar refractivity (Wildman–Crippen MR) is 87.0 cm³/mol. The molecule has 116 valence electrons. The summed E-state index contributed by atoms with van der Waals surface area (Å²) in [6.45, 7) is 1.78. The maximum absolute atomic E-state index is 11.8. The van der Waals surface area contributed by atoms with Gasteiger partial charge in [-0.25, -0.2) is 4.79 Å². The van der Waals surface area contributed by atoms with Gasteiger partial charge in [0.25, 0.3) is 0 Å². The molecule has 1 fully saturated rings. The first-order valence-corrected chi connectivity index (χ1v) is 7.57. The lowest BCUT2D eigenvalue weighted by atomic mass is 10.0. The average Bonchev–Trinajstić information content (AvgIpc) is 2.54. The van der Waals surface area contributed by atoms with Crippen LogP contribution >= 0.6 is 0 Å². The van der Waals surface area contributed by atoms with Crippen molar-refractivity contribution in [2.24, 2.45) is 0 Å². The van der Waals surface area contributed by atoms with Gasteiger partial charge >= 0.3 is 6.03 Å². The monoisotopic (exact) mass is 299 g/mol. The Labute approximate surface area is 130 Å². The van der Waals surface area contributed by atoms with E-state index in [4.69, 9.17) is 0 Å². The van der Waals surface area contributed by atoms with E-state index in [1.807, 2.05) is 24.4 Å². The molecule has 22 heavy (non-hydrogen) atoms. The molecule has 0 saturated carbocycles. The maximum atomic E-state index is 11.8. The fourth-order valence-electron chi connectivity index (χ4n) is 2.84. The fraction of sp³-hybridized carbons (Fsp3) is 0.438. The molecule has 3 rings (SSSR count). The van der Waals surface area contributed by atoms with E-state index in [-0.39, 0.29) is 12.1 Å². The molecule has 1 aliphatic heterocycles. The van der Waals surface area contributed by atoms with Crippen LogP contribution in [0, 0.1) is 0 Å². The number of carbonyl (C=O) groups excluding carboxylic acids is 1. The molecule has 1 aliphatic rings. The van der Waals surface area contributed by atoms with Crippen LogP contribution < -0.4 is 10.2 Å². The van der Waals surface area contributed by atoms with Gasteiger partial charge in [0.15, 0.2) is 0 Å². The number of amides is 2. The van der Waals surface area contributed by atoms with E-state index in [0.717, 1.165) is 42.7 Å². The summed E-state index contributed by atoms with van der Waals surface area (Å²) in [6, 6.07) is 6.00. The van der Waals surface area contributed by atoms with Gasteiger partial charge in [0, 0.05) is 45.6 Å². The van der Waals surface area contributed by atoms with Crippen molar-refractivity contribution in [3.63, 3.8) is 0 Å². The summed E-state index contributed by atoms with van der Waals surface area (Å²) in [5.41, 5.74) is 2.92. The van der Waals surface area contributed by atoms with Crippen LogP contribution in [0.1, 0.15) is 12.8 Å². The van der Waals surface area contributed by atoms with Gasteiger partial charge in [-0.3, -0.25) is 9.97 Å². The molecule has 0 radical (unpaired) electrons. The van der Waals surface area contributed by atoms with Crippen molar-refractivity contribution >= 4 is 22.8 Å². The van der Waals surface area contributed by atoms with Crippen LogP contribution in [0.15, 0.2) is 30.6 Å². The minimum absolute atomic E-state index is 0.0374. The van der Waals surface area contributed by atoms with Crippen molar-refractivity contribution in [2.75, 3.05) is 32.1 Å². The molecule has 0 bridgehead atoms. The zero-order valence-electron chi connectivity index (χ0n) is 13.0. The normalized spacial score (nSPS) is 18.3. The molecule has 2 aromatic rings.